The molecule has 0 saturated carbocycles. The molecule has 4 heteroatoms. The number of Topliss-reactive ketones (excluding diaryl/α,β-unsaturated/α-hetero) is 1. The van der Waals surface area contributed by atoms with Gasteiger partial charge in [-0.3, -0.25) is 4.79 Å². The van der Waals surface area contributed by atoms with Crippen LogP contribution in [-0.4, -0.2) is 12.9 Å². The van der Waals surface area contributed by atoms with Crippen LogP contribution in [0.15, 0.2) is 48.2 Å². The van der Waals surface area contributed by atoms with Crippen molar-refractivity contribution in [2.24, 2.45) is 0 Å². The summed E-state index contributed by atoms with van der Waals surface area (Å²) in [5, 5.41) is 0.652. The molecule has 3 rings (SSSR count). The lowest BCUT2D eigenvalue weighted by atomic mass is 10.1. The zero-order chi connectivity index (χ0) is 14.1. The number of rotatable bonds is 2. The summed E-state index contributed by atoms with van der Waals surface area (Å²) in [4.78, 5) is 12.2. The van der Waals surface area contributed by atoms with Gasteiger partial charge >= 0.3 is 0 Å². The number of fused-ring (bicyclic) bond motifs is 1. The van der Waals surface area contributed by atoms with Crippen LogP contribution in [0.3, 0.4) is 0 Å². The van der Waals surface area contributed by atoms with E-state index >= 15 is 0 Å². The summed E-state index contributed by atoms with van der Waals surface area (Å²) in [7, 11) is 1.57. The first-order valence-electron chi connectivity index (χ1n) is 6.05. The Bertz CT molecular complexity index is 702. The molecule has 0 radical (unpaired) electrons. The van der Waals surface area contributed by atoms with Crippen LogP contribution < -0.4 is 9.47 Å². The minimum absolute atomic E-state index is 0.127. The van der Waals surface area contributed by atoms with Gasteiger partial charge in [-0.15, -0.1) is 0 Å². The molecule has 1 aliphatic heterocycles. The van der Waals surface area contributed by atoms with E-state index in [-0.39, 0.29) is 5.78 Å². The van der Waals surface area contributed by atoms with Gasteiger partial charge in [-0.25, -0.2) is 0 Å². The van der Waals surface area contributed by atoms with E-state index in [1.807, 2.05) is 12.1 Å². The lowest BCUT2D eigenvalue weighted by Gasteiger charge is -2.01. The summed E-state index contributed by atoms with van der Waals surface area (Å²) in [5.74, 6) is 1.35. The fourth-order valence-corrected chi connectivity index (χ4v) is 2.13. The lowest BCUT2D eigenvalue weighted by Crippen LogP contribution is -1.97. The molecule has 0 N–H and O–H groups in total. The number of halogens is 1. The summed E-state index contributed by atoms with van der Waals surface area (Å²) in [6.45, 7) is 0. The standard InChI is InChI=1S/C16H11ClO3/c1-19-12-6-7-13-14(9-12)20-15(16(13)18)8-10-2-4-11(17)5-3-10/h2-9H,1H3. The van der Waals surface area contributed by atoms with Gasteiger partial charge in [-0.2, -0.15) is 0 Å². The largest absolute Gasteiger partial charge is 0.497 e. The maximum atomic E-state index is 12.2. The van der Waals surface area contributed by atoms with Crippen LogP contribution in [0.25, 0.3) is 6.08 Å². The number of ether oxygens (including phenoxy) is 2. The van der Waals surface area contributed by atoms with Crippen molar-refractivity contribution in [3.63, 3.8) is 0 Å². The van der Waals surface area contributed by atoms with E-state index < -0.39 is 0 Å². The van der Waals surface area contributed by atoms with Gasteiger partial charge in [-0.05, 0) is 35.9 Å². The van der Waals surface area contributed by atoms with Crippen molar-refractivity contribution in [3.05, 3.63) is 64.4 Å². The number of methoxy groups -OCH3 is 1. The van der Waals surface area contributed by atoms with E-state index in [1.54, 1.807) is 43.5 Å². The highest BCUT2D eigenvalue weighted by atomic mass is 35.5. The maximum Gasteiger partial charge on any atom is 0.231 e. The Hall–Kier alpha value is -2.26. The summed E-state index contributed by atoms with van der Waals surface area (Å²) in [6.07, 6.45) is 1.70. The first-order chi connectivity index (χ1) is 9.67. The van der Waals surface area contributed by atoms with Gasteiger partial charge in [0, 0.05) is 11.1 Å². The number of carbonyl (C=O) groups excluding carboxylic acids is 1. The van der Waals surface area contributed by atoms with E-state index in [2.05, 4.69) is 0 Å². The molecule has 0 amide bonds. The second-order valence-corrected chi connectivity index (χ2v) is 4.79. The van der Waals surface area contributed by atoms with Crippen molar-refractivity contribution < 1.29 is 14.3 Å². The highest BCUT2D eigenvalue weighted by molar-refractivity contribution is 6.30. The van der Waals surface area contributed by atoms with Gasteiger partial charge in [0.15, 0.2) is 5.76 Å². The fourth-order valence-electron chi connectivity index (χ4n) is 2.00. The summed E-state index contributed by atoms with van der Waals surface area (Å²) in [5.41, 5.74) is 1.41. The molecule has 3 nitrogen and oxygen atoms in total. The number of ketones is 1. The van der Waals surface area contributed by atoms with Crippen LogP contribution in [-0.2, 0) is 0 Å². The van der Waals surface area contributed by atoms with Gasteiger partial charge in [0.25, 0.3) is 0 Å². The number of allylic oxidation sites excluding steroid dienone is 1. The van der Waals surface area contributed by atoms with E-state index in [0.717, 1.165) is 5.56 Å². The van der Waals surface area contributed by atoms with Crippen molar-refractivity contribution >= 4 is 23.5 Å². The Morgan fingerprint density at radius 1 is 1.15 bits per heavy atom. The van der Waals surface area contributed by atoms with E-state index in [0.29, 0.717) is 27.8 Å². The molecule has 0 atom stereocenters. The van der Waals surface area contributed by atoms with Crippen LogP contribution in [0, 0.1) is 0 Å². The molecule has 0 spiro atoms. The Labute approximate surface area is 121 Å². The van der Waals surface area contributed by atoms with Gasteiger partial charge in [0.05, 0.1) is 12.7 Å². The monoisotopic (exact) mass is 286 g/mol. The van der Waals surface area contributed by atoms with Crippen molar-refractivity contribution in [2.75, 3.05) is 7.11 Å². The van der Waals surface area contributed by atoms with Crippen molar-refractivity contribution in [1.82, 2.24) is 0 Å². The van der Waals surface area contributed by atoms with Gasteiger partial charge in [-0.1, -0.05) is 23.7 Å². The third-order valence-electron chi connectivity index (χ3n) is 3.04. The number of hydrogen-bond acceptors (Lipinski definition) is 3. The second-order valence-electron chi connectivity index (χ2n) is 4.35. The average molecular weight is 287 g/mol. The molecule has 2 aromatic rings. The SMILES string of the molecule is COc1ccc2c(c1)OC(=Cc1ccc(Cl)cc1)C2=O. The lowest BCUT2D eigenvalue weighted by molar-refractivity contribution is 0.101. The molecule has 20 heavy (non-hydrogen) atoms. The quantitative estimate of drug-likeness (QED) is 0.784. The predicted molar refractivity (Wildman–Crippen MR) is 77.4 cm³/mol. The highest BCUT2D eigenvalue weighted by Gasteiger charge is 2.27. The van der Waals surface area contributed by atoms with Gasteiger partial charge in [0.2, 0.25) is 5.78 Å². The molecule has 0 saturated heterocycles. The molecule has 1 heterocycles. The van der Waals surface area contributed by atoms with Crippen molar-refractivity contribution in [3.8, 4) is 11.5 Å². The summed E-state index contributed by atoms with van der Waals surface area (Å²) >= 11 is 5.83. The topological polar surface area (TPSA) is 35.5 Å². The Kier molecular flexibility index (Phi) is 3.20. The summed E-state index contributed by atoms with van der Waals surface area (Å²) < 4.78 is 10.7. The van der Waals surface area contributed by atoms with E-state index in [4.69, 9.17) is 21.1 Å². The fraction of sp³-hybridized carbons (Fsp3) is 0.0625. The van der Waals surface area contributed by atoms with Gasteiger partial charge < -0.3 is 9.47 Å². The molecule has 2 aromatic carbocycles. The molecule has 0 bridgehead atoms. The van der Waals surface area contributed by atoms with Crippen LogP contribution in [0.2, 0.25) is 5.02 Å². The van der Waals surface area contributed by atoms with Gasteiger partial charge in [0.1, 0.15) is 11.5 Å². The first-order valence-corrected chi connectivity index (χ1v) is 6.43. The van der Waals surface area contributed by atoms with Crippen LogP contribution in [0.5, 0.6) is 11.5 Å². The molecule has 100 valence electrons. The predicted octanol–water partition coefficient (Wildman–Crippen LogP) is 3.96. The van der Waals surface area contributed by atoms with Crippen molar-refractivity contribution in [1.29, 1.82) is 0 Å². The molecule has 0 unspecified atom stereocenters. The molecule has 0 aromatic heterocycles. The summed E-state index contributed by atoms with van der Waals surface area (Å²) in [6, 6.07) is 12.3. The Balaban J connectivity index is 1.94. The van der Waals surface area contributed by atoms with Crippen LogP contribution in [0.1, 0.15) is 15.9 Å². The molecule has 0 aliphatic carbocycles. The minimum atomic E-state index is -0.127. The average Bonchev–Trinajstić information content (AvgIpc) is 2.77. The van der Waals surface area contributed by atoms with Crippen LogP contribution >= 0.6 is 11.6 Å². The number of benzene rings is 2. The highest BCUT2D eigenvalue weighted by Crippen LogP contribution is 2.34. The second kappa shape index (κ2) is 5.02. The molecular weight excluding hydrogens is 276 g/mol. The number of hydrogen-bond donors (Lipinski definition) is 0. The zero-order valence-corrected chi connectivity index (χ0v) is 11.5. The Morgan fingerprint density at radius 3 is 2.60 bits per heavy atom. The minimum Gasteiger partial charge on any atom is -0.497 e. The maximum absolute atomic E-state index is 12.2. The normalized spacial score (nSPS) is 15.1. The smallest absolute Gasteiger partial charge is 0.231 e. The van der Waals surface area contributed by atoms with E-state index in [1.165, 1.54) is 0 Å². The van der Waals surface area contributed by atoms with E-state index in [9.17, 15) is 4.79 Å². The first kappa shape index (κ1) is 12.8. The molecule has 1 aliphatic rings. The third kappa shape index (κ3) is 2.28. The Morgan fingerprint density at radius 2 is 1.90 bits per heavy atom. The molecule has 0 fully saturated rings. The van der Waals surface area contributed by atoms with Crippen LogP contribution in [0.4, 0.5) is 0 Å². The third-order valence-corrected chi connectivity index (χ3v) is 3.30. The molecular formula is C16H11ClO3. The zero-order valence-electron chi connectivity index (χ0n) is 10.7. The number of carbonyl (C=O) groups is 1. The van der Waals surface area contributed by atoms with Crippen molar-refractivity contribution in [2.45, 2.75) is 0 Å².